The summed E-state index contributed by atoms with van der Waals surface area (Å²) in [5.74, 6) is 0.153. The van der Waals surface area contributed by atoms with E-state index in [2.05, 4.69) is 10.3 Å². The molecule has 5 nitrogen and oxygen atoms in total. The van der Waals surface area contributed by atoms with Crippen LogP contribution in [0.4, 0.5) is 10.2 Å². The van der Waals surface area contributed by atoms with Crippen LogP contribution in [0.2, 0.25) is 0 Å². The van der Waals surface area contributed by atoms with Gasteiger partial charge >= 0.3 is 0 Å². The number of nitrogens with one attached hydrogen (secondary N) is 1. The molecular weight excluding hydrogens is 329 g/mol. The van der Waals surface area contributed by atoms with E-state index in [1.807, 2.05) is 6.07 Å². The van der Waals surface area contributed by atoms with E-state index in [4.69, 9.17) is 10.5 Å². The smallest absolute Gasteiger partial charge is 0.255 e. The number of nitrogen functional groups attached to an aromatic ring is 1. The van der Waals surface area contributed by atoms with Crippen LogP contribution >= 0.6 is 11.3 Å². The Morgan fingerprint density at radius 3 is 2.75 bits per heavy atom. The molecule has 0 saturated carbocycles. The number of carbonyl (C=O) groups excluding carboxylic acids is 1. The molecule has 3 rings (SSSR count). The fourth-order valence-corrected chi connectivity index (χ4v) is 2.81. The number of halogens is 1. The maximum absolute atomic E-state index is 12.9. The third-order valence-electron chi connectivity index (χ3n) is 3.18. The van der Waals surface area contributed by atoms with Gasteiger partial charge in [-0.3, -0.25) is 4.79 Å². The van der Waals surface area contributed by atoms with Crippen molar-refractivity contribution in [3.63, 3.8) is 0 Å². The molecule has 0 atom stereocenters. The molecule has 1 aromatic carbocycles. The number of thiophene rings is 1. The number of benzene rings is 1. The van der Waals surface area contributed by atoms with Crippen LogP contribution in [0, 0.1) is 5.82 Å². The first-order chi connectivity index (χ1) is 11.6. The highest BCUT2D eigenvalue weighted by Crippen LogP contribution is 2.29. The highest BCUT2D eigenvalue weighted by Gasteiger charge is 2.10. The van der Waals surface area contributed by atoms with Crippen LogP contribution in [0.1, 0.15) is 15.2 Å². The van der Waals surface area contributed by atoms with Crippen molar-refractivity contribution in [2.75, 3.05) is 5.73 Å². The molecular formula is C17H14FN3O2S. The average Bonchev–Trinajstić information content (AvgIpc) is 3.03. The molecule has 0 unspecified atom stereocenters. The molecule has 0 spiro atoms. The normalized spacial score (nSPS) is 10.4. The van der Waals surface area contributed by atoms with Crippen LogP contribution in [0.3, 0.4) is 0 Å². The lowest BCUT2D eigenvalue weighted by Crippen LogP contribution is -2.23. The number of anilines is 1. The summed E-state index contributed by atoms with van der Waals surface area (Å²) in [7, 11) is 0. The Labute approximate surface area is 141 Å². The number of nitrogens with zero attached hydrogens (tertiary/aromatic N) is 1. The van der Waals surface area contributed by atoms with Crippen LogP contribution in [-0.4, -0.2) is 10.9 Å². The summed E-state index contributed by atoms with van der Waals surface area (Å²) in [5, 5.41) is 3.45. The minimum Gasteiger partial charge on any atom is -0.447 e. The number of hydrogen-bond acceptors (Lipinski definition) is 5. The van der Waals surface area contributed by atoms with Crippen molar-refractivity contribution in [1.29, 1.82) is 0 Å². The molecule has 0 aliphatic rings. The maximum atomic E-state index is 12.9. The summed E-state index contributed by atoms with van der Waals surface area (Å²) in [5.41, 5.74) is 6.02. The number of rotatable bonds is 5. The van der Waals surface area contributed by atoms with Crippen LogP contribution in [0.15, 0.2) is 54.7 Å². The third kappa shape index (κ3) is 3.88. The zero-order valence-electron chi connectivity index (χ0n) is 12.5. The minimum absolute atomic E-state index is 0.196. The number of nitrogens with two attached hydrogens (primary N) is 1. The molecule has 122 valence electrons. The lowest BCUT2D eigenvalue weighted by molar-refractivity contribution is 0.0952. The summed E-state index contributed by atoms with van der Waals surface area (Å²) in [6, 6.07) is 12.7. The first-order valence-corrected chi connectivity index (χ1v) is 7.94. The van der Waals surface area contributed by atoms with Crippen LogP contribution in [-0.2, 0) is 6.54 Å². The molecule has 0 aliphatic carbocycles. The summed E-state index contributed by atoms with van der Waals surface area (Å²) < 4.78 is 18.5. The second-order valence-corrected chi connectivity index (χ2v) is 6.03. The number of amides is 1. The first kappa shape index (κ1) is 15.9. The summed E-state index contributed by atoms with van der Waals surface area (Å²) in [4.78, 5) is 16.9. The molecule has 0 radical (unpaired) electrons. The van der Waals surface area contributed by atoms with Gasteiger partial charge in [-0.15, -0.1) is 11.3 Å². The number of pyridine rings is 1. The van der Waals surface area contributed by atoms with Gasteiger partial charge in [0.25, 0.3) is 5.91 Å². The van der Waals surface area contributed by atoms with E-state index in [0.29, 0.717) is 22.9 Å². The fourth-order valence-electron chi connectivity index (χ4n) is 2.00. The van der Waals surface area contributed by atoms with Crippen molar-refractivity contribution in [1.82, 2.24) is 10.3 Å². The molecule has 2 heterocycles. The monoisotopic (exact) mass is 343 g/mol. The molecule has 3 aromatic rings. The van der Waals surface area contributed by atoms with Gasteiger partial charge in [0.2, 0.25) is 0 Å². The van der Waals surface area contributed by atoms with E-state index in [1.54, 1.807) is 30.3 Å². The Bertz CT molecular complexity index is 849. The Morgan fingerprint density at radius 1 is 1.21 bits per heavy atom. The molecule has 2 aromatic heterocycles. The summed E-state index contributed by atoms with van der Waals surface area (Å²) in [6.45, 7) is 0.352. The van der Waals surface area contributed by atoms with Gasteiger partial charge in [-0.1, -0.05) is 0 Å². The quantitative estimate of drug-likeness (QED) is 0.742. The summed E-state index contributed by atoms with van der Waals surface area (Å²) in [6.07, 6.45) is 1.53. The second kappa shape index (κ2) is 7.10. The van der Waals surface area contributed by atoms with Crippen LogP contribution in [0.25, 0.3) is 0 Å². The standard InChI is InChI=1S/C17H14FN3O2S/c18-11-3-5-12(6-4-11)23-15-8-7-13(24-15)10-21-17(22)14-2-1-9-20-16(14)19/h1-9H,10H2,(H2,19,20)(H,21,22). The number of ether oxygens (including phenoxy) is 1. The highest BCUT2D eigenvalue weighted by atomic mass is 32.1. The van der Waals surface area contributed by atoms with Gasteiger partial charge in [0.1, 0.15) is 17.4 Å². The zero-order chi connectivity index (χ0) is 16.9. The molecule has 0 fully saturated rings. The van der Waals surface area contributed by atoms with Crippen molar-refractivity contribution in [3.8, 4) is 10.8 Å². The Kier molecular flexibility index (Phi) is 4.72. The van der Waals surface area contributed by atoms with Crippen molar-refractivity contribution in [3.05, 3.63) is 71.0 Å². The molecule has 1 amide bonds. The van der Waals surface area contributed by atoms with E-state index < -0.39 is 0 Å². The molecule has 7 heteroatoms. The van der Waals surface area contributed by atoms with Crippen molar-refractivity contribution in [2.24, 2.45) is 0 Å². The number of carbonyl (C=O) groups is 1. The van der Waals surface area contributed by atoms with Crippen LogP contribution in [0.5, 0.6) is 10.8 Å². The van der Waals surface area contributed by atoms with Gasteiger partial charge in [0.15, 0.2) is 5.06 Å². The topological polar surface area (TPSA) is 77.2 Å². The van der Waals surface area contributed by atoms with Crippen LogP contribution < -0.4 is 15.8 Å². The fraction of sp³-hybridized carbons (Fsp3) is 0.0588. The number of aromatic nitrogens is 1. The lowest BCUT2D eigenvalue weighted by Gasteiger charge is -2.05. The lowest BCUT2D eigenvalue weighted by atomic mass is 10.2. The zero-order valence-corrected chi connectivity index (χ0v) is 13.3. The van der Waals surface area contributed by atoms with Crippen molar-refractivity contribution in [2.45, 2.75) is 6.54 Å². The molecule has 3 N–H and O–H groups in total. The first-order valence-electron chi connectivity index (χ1n) is 7.12. The minimum atomic E-state index is -0.313. The van der Waals surface area contributed by atoms with E-state index >= 15 is 0 Å². The average molecular weight is 343 g/mol. The van der Waals surface area contributed by atoms with Gasteiger partial charge in [0, 0.05) is 11.1 Å². The second-order valence-electron chi connectivity index (χ2n) is 4.90. The largest absolute Gasteiger partial charge is 0.447 e. The molecule has 24 heavy (non-hydrogen) atoms. The van der Waals surface area contributed by atoms with Crippen molar-refractivity contribution < 1.29 is 13.9 Å². The highest BCUT2D eigenvalue weighted by molar-refractivity contribution is 7.13. The van der Waals surface area contributed by atoms with Crippen molar-refractivity contribution >= 4 is 23.1 Å². The van der Waals surface area contributed by atoms with Gasteiger partial charge in [0.05, 0.1) is 12.1 Å². The Balaban J connectivity index is 1.59. The van der Waals surface area contributed by atoms with Gasteiger partial charge in [-0.25, -0.2) is 9.37 Å². The predicted octanol–water partition coefficient (Wildman–Crippen LogP) is 3.59. The SMILES string of the molecule is Nc1ncccc1C(=O)NCc1ccc(Oc2ccc(F)cc2)s1. The predicted molar refractivity (Wildman–Crippen MR) is 90.6 cm³/mol. The van der Waals surface area contributed by atoms with Gasteiger partial charge < -0.3 is 15.8 Å². The molecule has 0 bridgehead atoms. The number of hydrogen-bond donors (Lipinski definition) is 2. The van der Waals surface area contributed by atoms with Gasteiger partial charge in [-0.2, -0.15) is 0 Å². The van der Waals surface area contributed by atoms with Gasteiger partial charge in [-0.05, 0) is 48.5 Å². The van der Waals surface area contributed by atoms with E-state index in [1.165, 1.54) is 29.7 Å². The Hall–Kier alpha value is -2.93. The van der Waals surface area contributed by atoms with E-state index in [-0.39, 0.29) is 17.5 Å². The Morgan fingerprint density at radius 2 is 2.00 bits per heavy atom. The summed E-state index contributed by atoms with van der Waals surface area (Å²) >= 11 is 1.40. The molecule has 0 saturated heterocycles. The van der Waals surface area contributed by atoms with E-state index in [9.17, 15) is 9.18 Å². The maximum Gasteiger partial charge on any atom is 0.255 e. The molecule has 0 aliphatic heterocycles. The third-order valence-corrected chi connectivity index (χ3v) is 4.14. The van der Waals surface area contributed by atoms with E-state index in [0.717, 1.165) is 4.88 Å².